The van der Waals surface area contributed by atoms with E-state index in [-0.39, 0.29) is 23.1 Å². The minimum Gasteiger partial charge on any atom is -0.494 e. The van der Waals surface area contributed by atoms with Gasteiger partial charge in [-0.3, -0.25) is 4.79 Å². The van der Waals surface area contributed by atoms with E-state index in [0.29, 0.717) is 11.9 Å². The summed E-state index contributed by atoms with van der Waals surface area (Å²) in [4.78, 5) is 13.9. The van der Waals surface area contributed by atoms with Gasteiger partial charge >= 0.3 is 0 Å². The lowest BCUT2D eigenvalue weighted by molar-refractivity contribution is -0.119. The summed E-state index contributed by atoms with van der Waals surface area (Å²) in [5.41, 5.74) is 0.972. The third-order valence-electron chi connectivity index (χ3n) is 3.75. The van der Waals surface area contributed by atoms with E-state index in [1.54, 1.807) is 6.20 Å². The van der Waals surface area contributed by atoms with Crippen molar-refractivity contribution < 1.29 is 18.3 Å². The monoisotopic (exact) mass is 310 g/mol. The number of carbonyl (C=O) groups is 1. The van der Waals surface area contributed by atoms with E-state index in [1.807, 2.05) is 6.92 Å². The third-order valence-corrected chi connectivity index (χ3v) is 3.75. The van der Waals surface area contributed by atoms with Crippen LogP contribution in [0.25, 0.3) is 10.9 Å². The average molecular weight is 310 g/mol. The summed E-state index contributed by atoms with van der Waals surface area (Å²) in [6.07, 6.45) is 3.42. The Morgan fingerprint density at radius 1 is 1.41 bits per heavy atom. The van der Waals surface area contributed by atoms with Gasteiger partial charge in [-0.25, -0.2) is 4.39 Å². The van der Waals surface area contributed by atoms with Crippen molar-refractivity contribution in [1.82, 2.24) is 10.3 Å². The summed E-state index contributed by atoms with van der Waals surface area (Å²) in [6.45, 7) is 3.95. The zero-order chi connectivity index (χ0) is 16.3. The van der Waals surface area contributed by atoms with Crippen LogP contribution >= 0.6 is 0 Å². The molecule has 0 radical (unpaired) electrons. The molecule has 0 fully saturated rings. The van der Waals surface area contributed by atoms with Crippen LogP contribution in [0.2, 0.25) is 0 Å². The zero-order valence-electron chi connectivity index (χ0n) is 12.9. The van der Waals surface area contributed by atoms with Crippen LogP contribution < -0.4 is 10.1 Å². The van der Waals surface area contributed by atoms with Crippen molar-refractivity contribution in [3.05, 3.63) is 29.5 Å². The van der Waals surface area contributed by atoms with E-state index < -0.39 is 11.6 Å². The molecule has 1 aromatic heterocycles. The number of ether oxygens (including phenoxy) is 1. The lowest BCUT2D eigenvalue weighted by atomic mass is 9.93. The minimum atomic E-state index is -1.00. The fourth-order valence-corrected chi connectivity index (χ4v) is 2.67. The molecule has 0 saturated heterocycles. The number of amides is 1. The van der Waals surface area contributed by atoms with Crippen molar-refractivity contribution in [3.63, 3.8) is 0 Å². The Morgan fingerprint density at radius 2 is 2.14 bits per heavy atom. The largest absolute Gasteiger partial charge is 0.494 e. The summed E-state index contributed by atoms with van der Waals surface area (Å²) in [6, 6.07) is 1.50. The SMILES string of the molecule is CCCC(CNC(C)=O)c1c[nH]c2c(F)c(F)c(OC)cc12. The summed E-state index contributed by atoms with van der Waals surface area (Å²) < 4.78 is 32.7. The Morgan fingerprint density at radius 3 is 2.73 bits per heavy atom. The standard InChI is InChI=1S/C16H20F2N2O2/c1-4-5-10(7-19-9(2)21)12-8-20-16-11(12)6-13(22-3)14(17)15(16)18/h6,8,10,20H,4-5,7H2,1-3H3,(H,19,21). The van der Waals surface area contributed by atoms with Gasteiger partial charge in [-0.15, -0.1) is 0 Å². The van der Waals surface area contributed by atoms with Crippen LogP contribution in [0.1, 0.15) is 38.2 Å². The quantitative estimate of drug-likeness (QED) is 0.858. The topological polar surface area (TPSA) is 54.1 Å². The van der Waals surface area contributed by atoms with E-state index in [1.165, 1.54) is 20.1 Å². The van der Waals surface area contributed by atoms with Crippen LogP contribution in [0.15, 0.2) is 12.3 Å². The van der Waals surface area contributed by atoms with Gasteiger partial charge in [0.15, 0.2) is 11.6 Å². The maximum atomic E-state index is 14.1. The molecule has 4 nitrogen and oxygen atoms in total. The molecule has 0 aliphatic heterocycles. The van der Waals surface area contributed by atoms with Crippen LogP contribution in [0.5, 0.6) is 5.75 Å². The molecule has 120 valence electrons. The first-order valence-corrected chi connectivity index (χ1v) is 7.26. The van der Waals surface area contributed by atoms with Crippen molar-refractivity contribution >= 4 is 16.8 Å². The number of rotatable bonds is 6. The molecule has 1 amide bonds. The number of hydrogen-bond acceptors (Lipinski definition) is 2. The number of methoxy groups -OCH3 is 1. The van der Waals surface area contributed by atoms with Crippen molar-refractivity contribution in [1.29, 1.82) is 0 Å². The molecule has 0 aliphatic carbocycles. The van der Waals surface area contributed by atoms with Gasteiger partial charge in [0.2, 0.25) is 11.7 Å². The second-order valence-corrected chi connectivity index (χ2v) is 5.30. The fraction of sp³-hybridized carbons (Fsp3) is 0.438. The lowest BCUT2D eigenvalue weighted by Gasteiger charge is -2.16. The molecule has 6 heteroatoms. The van der Waals surface area contributed by atoms with Gasteiger partial charge in [-0.1, -0.05) is 13.3 Å². The summed E-state index contributed by atoms with van der Waals surface area (Å²) in [7, 11) is 1.30. The van der Waals surface area contributed by atoms with Crippen LogP contribution in [-0.4, -0.2) is 24.5 Å². The van der Waals surface area contributed by atoms with Crippen molar-refractivity contribution in [2.45, 2.75) is 32.6 Å². The highest BCUT2D eigenvalue weighted by Crippen LogP contribution is 2.34. The van der Waals surface area contributed by atoms with E-state index >= 15 is 0 Å². The van der Waals surface area contributed by atoms with Crippen molar-refractivity contribution in [2.75, 3.05) is 13.7 Å². The number of aromatic nitrogens is 1. The van der Waals surface area contributed by atoms with E-state index in [4.69, 9.17) is 4.74 Å². The molecule has 2 N–H and O–H groups in total. The maximum Gasteiger partial charge on any atom is 0.216 e. The number of fused-ring (bicyclic) bond motifs is 1. The highest BCUT2D eigenvalue weighted by atomic mass is 19.2. The van der Waals surface area contributed by atoms with Gasteiger partial charge in [0.25, 0.3) is 0 Å². The smallest absolute Gasteiger partial charge is 0.216 e. The molecule has 0 saturated carbocycles. The van der Waals surface area contributed by atoms with Crippen LogP contribution in [0, 0.1) is 11.6 Å². The van der Waals surface area contributed by atoms with Gasteiger partial charge in [-0.05, 0) is 18.1 Å². The molecule has 2 aromatic rings. The average Bonchev–Trinajstić information content (AvgIpc) is 2.90. The molecule has 0 spiro atoms. The molecule has 1 unspecified atom stereocenters. The Bertz CT molecular complexity index is 682. The number of benzene rings is 1. The molecule has 1 aromatic carbocycles. The molecule has 2 rings (SSSR count). The van der Waals surface area contributed by atoms with Crippen LogP contribution in [-0.2, 0) is 4.79 Å². The molecule has 22 heavy (non-hydrogen) atoms. The second kappa shape index (κ2) is 6.77. The predicted molar refractivity (Wildman–Crippen MR) is 81.1 cm³/mol. The number of hydrogen-bond donors (Lipinski definition) is 2. The molecule has 0 bridgehead atoms. The Kier molecular flexibility index (Phi) is 5.00. The predicted octanol–water partition coefficient (Wildman–Crippen LogP) is 3.47. The summed E-state index contributed by atoms with van der Waals surface area (Å²) in [5.74, 6) is -2.17. The molecular weight excluding hydrogens is 290 g/mol. The number of H-pyrrole nitrogens is 1. The number of carbonyl (C=O) groups excluding carboxylic acids is 1. The van der Waals surface area contributed by atoms with E-state index in [0.717, 1.165) is 18.4 Å². The first-order chi connectivity index (χ1) is 10.5. The molecular formula is C16H20F2N2O2. The van der Waals surface area contributed by atoms with Gasteiger partial charge in [0.05, 0.1) is 12.6 Å². The van der Waals surface area contributed by atoms with Gasteiger partial charge in [-0.2, -0.15) is 4.39 Å². The number of aromatic amines is 1. The third kappa shape index (κ3) is 3.05. The maximum absolute atomic E-state index is 14.1. The van der Waals surface area contributed by atoms with Crippen molar-refractivity contribution in [2.24, 2.45) is 0 Å². The van der Waals surface area contributed by atoms with Crippen LogP contribution in [0.3, 0.4) is 0 Å². The highest BCUT2D eigenvalue weighted by Gasteiger charge is 2.21. The molecule has 1 heterocycles. The number of nitrogens with one attached hydrogen (secondary N) is 2. The van der Waals surface area contributed by atoms with Crippen LogP contribution in [0.4, 0.5) is 8.78 Å². The highest BCUT2D eigenvalue weighted by molar-refractivity contribution is 5.86. The number of halogens is 2. The Labute approximate surface area is 127 Å². The second-order valence-electron chi connectivity index (χ2n) is 5.30. The first-order valence-electron chi connectivity index (χ1n) is 7.26. The summed E-state index contributed by atoms with van der Waals surface area (Å²) >= 11 is 0. The van der Waals surface area contributed by atoms with Gasteiger partial charge < -0.3 is 15.0 Å². The Balaban J connectivity index is 2.48. The first kappa shape index (κ1) is 16.3. The zero-order valence-corrected chi connectivity index (χ0v) is 12.9. The van der Waals surface area contributed by atoms with E-state index in [2.05, 4.69) is 10.3 Å². The molecule has 1 atom stereocenters. The van der Waals surface area contributed by atoms with Gasteiger partial charge in [0.1, 0.15) is 0 Å². The summed E-state index contributed by atoms with van der Waals surface area (Å²) in [5, 5.41) is 3.37. The van der Waals surface area contributed by atoms with E-state index in [9.17, 15) is 13.6 Å². The molecule has 0 aliphatic rings. The van der Waals surface area contributed by atoms with Crippen molar-refractivity contribution in [3.8, 4) is 5.75 Å². The minimum absolute atomic E-state index is 0.0252. The Hall–Kier alpha value is -2.11. The normalized spacial score (nSPS) is 12.4. The van der Waals surface area contributed by atoms with Gasteiger partial charge in [0, 0.05) is 31.0 Å². The fourth-order valence-electron chi connectivity index (χ4n) is 2.67. The lowest BCUT2D eigenvalue weighted by Crippen LogP contribution is -2.25.